The Labute approximate surface area is 119 Å². The summed E-state index contributed by atoms with van der Waals surface area (Å²) in [5.74, 6) is 0. The van der Waals surface area contributed by atoms with E-state index in [1.54, 1.807) is 10.9 Å². The third-order valence-corrected chi connectivity index (χ3v) is 3.59. The van der Waals surface area contributed by atoms with E-state index in [1.807, 2.05) is 37.4 Å². The third-order valence-electron chi connectivity index (χ3n) is 2.57. The number of alkyl carbamates (subject to hydrolysis) is 1. The maximum Gasteiger partial charge on any atom is 0.407 e. The van der Waals surface area contributed by atoms with Crippen molar-refractivity contribution in [2.45, 2.75) is 13.2 Å². The van der Waals surface area contributed by atoms with E-state index in [9.17, 15) is 4.79 Å². The molecule has 1 heterocycles. The fraction of sp³-hybridized carbons (Fsp3) is 0.231. The molecule has 1 amide bonds. The summed E-state index contributed by atoms with van der Waals surface area (Å²) in [4.78, 5) is 11.5. The predicted octanol–water partition coefficient (Wildman–Crippen LogP) is 2.61. The molecule has 0 saturated carbocycles. The SMILES string of the molecule is Cn1ncc(CNC(=O)OCc2ccccc2)c1Br. The van der Waals surface area contributed by atoms with Gasteiger partial charge in [-0.25, -0.2) is 4.79 Å². The van der Waals surface area contributed by atoms with Crippen molar-refractivity contribution in [3.63, 3.8) is 0 Å². The summed E-state index contributed by atoms with van der Waals surface area (Å²) in [6.07, 6.45) is 1.25. The van der Waals surface area contributed by atoms with E-state index in [2.05, 4.69) is 26.3 Å². The second kappa shape index (κ2) is 6.38. The minimum atomic E-state index is -0.445. The zero-order valence-corrected chi connectivity index (χ0v) is 12.1. The standard InChI is InChI=1S/C13H14BrN3O2/c1-17-12(14)11(8-16-17)7-15-13(18)19-9-10-5-3-2-4-6-10/h2-6,8H,7,9H2,1H3,(H,15,18). The van der Waals surface area contributed by atoms with Gasteiger partial charge in [0.25, 0.3) is 0 Å². The van der Waals surface area contributed by atoms with Crippen molar-refractivity contribution in [3.05, 3.63) is 52.3 Å². The van der Waals surface area contributed by atoms with Crippen LogP contribution in [0.15, 0.2) is 41.1 Å². The fourth-order valence-corrected chi connectivity index (χ4v) is 1.86. The Bertz CT molecular complexity index is 554. The monoisotopic (exact) mass is 323 g/mol. The van der Waals surface area contributed by atoms with Gasteiger partial charge in [-0.3, -0.25) is 4.68 Å². The predicted molar refractivity (Wildman–Crippen MR) is 74.4 cm³/mol. The molecule has 0 fully saturated rings. The van der Waals surface area contributed by atoms with Gasteiger partial charge < -0.3 is 10.1 Å². The van der Waals surface area contributed by atoms with Gasteiger partial charge in [0.15, 0.2) is 0 Å². The van der Waals surface area contributed by atoms with Crippen LogP contribution in [0.1, 0.15) is 11.1 Å². The molecule has 1 aromatic carbocycles. The third kappa shape index (κ3) is 3.82. The molecule has 6 heteroatoms. The van der Waals surface area contributed by atoms with Crippen LogP contribution in [-0.4, -0.2) is 15.9 Å². The zero-order valence-electron chi connectivity index (χ0n) is 10.5. The van der Waals surface area contributed by atoms with Gasteiger partial charge in [-0.15, -0.1) is 0 Å². The number of aryl methyl sites for hydroxylation is 1. The molecule has 100 valence electrons. The van der Waals surface area contributed by atoms with Crippen molar-refractivity contribution in [2.75, 3.05) is 0 Å². The highest BCUT2D eigenvalue weighted by Gasteiger charge is 2.07. The van der Waals surface area contributed by atoms with Gasteiger partial charge in [0.2, 0.25) is 0 Å². The van der Waals surface area contributed by atoms with Crippen molar-refractivity contribution >= 4 is 22.0 Å². The largest absolute Gasteiger partial charge is 0.445 e. The molecule has 0 aliphatic heterocycles. The number of halogens is 1. The molecule has 0 spiro atoms. The van der Waals surface area contributed by atoms with Gasteiger partial charge in [-0.05, 0) is 21.5 Å². The van der Waals surface area contributed by atoms with Crippen LogP contribution in [-0.2, 0) is 24.9 Å². The molecule has 2 aromatic rings. The molecular weight excluding hydrogens is 310 g/mol. The Morgan fingerprint density at radius 2 is 2.16 bits per heavy atom. The van der Waals surface area contributed by atoms with E-state index in [0.717, 1.165) is 15.7 Å². The number of rotatable bonds is 4. The van der Waals surface area contributed by atoms with E-state index in [4.69, 9.17) is 4.74 Å². The average molecular weight is 324 g/mol. The molecule has 2 rings (SSSR count). The number of ether oxygens (including phenoxy) is 1. The van der Waals surface area contributed by atoms with E-state index in [0.29, 0.717) is 6.54 Å². The van der Waals surface area contributed by atoms with Gasteiger partial charge in [0, 0.05) is 12.6 Å². The van der Waals surface area contributed by atoms with Crippen molar-refractivity contribution in [1.29, 1.82) is 0 Å². The lowest BCUT2D eigenvalue weighted by molar-refractivity contribution is 0.139. The Kier molecular flexibility index (Phi) is 4.57. The van der Waals surface area contributed by atoms with E-state index < -0.39 is 6.09 Å². The van der Waals surface area contributed by atoms with Crippen molar-refractivity contribution in [2.24, 2.45) is 7.05 Å². The van der Waals surface area contributed by atoms with Crippen molar-refractivity contribution < 1.29 is 9.53 Å². The Balaban J connectivity index is 1.78. The molecule has 0 aliphatic rings. The maximum atomic E-state index is 11.5. The van der Waals surface area contributed by atoms with Crippen LogP contribution < -0.4 is 5.32 Å². The molecule has 19 heavy (non-hydrogen) atoms. The number of amides is 1. The minimum Gasteiger partial charge on any atom is -0.445 e. The van der Waals surface area contributed by atoms with Gasteiger partial charge in [-0.2, -0.15) is 5.10 Å². The summed E-state index contributed by atoms with van der Waals surface area (Å²) >= 11 is 3.38. The number of carbonyl (C=O) groups excluding carboxylic acids is 1. The van der Waals surface area contributed by atoms with Crippen molar-refractivity contribution in [1.82, 2.24) is 15.1 Å². The molecule has 0 radical (unpaired) electrons. The summed E-state index contributed by atoms with van der Waals surface area (Å²) in [7, 11) is 1.82. The Morgan fingerprint density at radius 1 is 1.42 bits per heavy atom. The number of nitrogens with one attached hydrogen (secondary N) is 1. The van der Waals surface area contributed by atoms with E-state index in [1.165, 1.54) is 0 Å². The lowest BCUT2D eigenvalue weighted by Crippen LogP contribution is -2.23. The number of carbonyl (C=O) groups is 1. The van der Waals surface area contributed by atoms with Crippen molar-refractivity contribution in [3.8, 4) is 0 Å². The number of hydrogen-bond donors (Lipinski definition) is 1. The fourth-order valence-electron chi connectivity index (χ4n) is 1.53. The molecule has 5 nitrogen and oxygen atoms in total. The van der Waals surface area contributed by atoms with Crippen LogP contribution in [0.25, 0.3) is 0 Å². The first-order valence-corrected chi connectivity index (χ1v) is 6.57. The first-order chi connectivity index (χ1) is 9.16. The maximum absolute atomic E-state index is 11.5. The summed E-state index contributed by atoms with van der Waals surface area (Å²) in [5, 5.41) is 6.74. The number of benzene rings is 1. The summed E-state index contributed by atoms with van der Waals surface area (Å²) in [6.45, 7) is 0.642. The summed E-state index contributed by atoms with van der Waals surface area (Å²) < 4.78 is 7.63. The van der Waals surface area contributed by atoms with Gasteiger partial charge >= 0.3 is 6.09 Å². The smallest absolute Gasteiger partial charge is 0.407 e. The molecule has 0 bridgehead atoms. The number of aromatic nitrogens is 2. The lowest BCUT2D eigenvalue weighted by atomic mass is 10.2. The zero-order chi connectivity index (χ0) is 13.7. The molecule has 1 N–H and O–H groups in total. The van der Waals surface area contributed by atoms with Gasteiger partial charge in [0.1, 0.15) is 11.2 Å². The molecule has 0 saturated heterocycles. The number of nitrogens with zero attached hydrogens (tertiary/aromatic N) is 2. The topological polar surface area (TPSA) is 56.2 Å². The molecule has 0 atom stereocenters. The first kappa shape index (κ1) is 13.6. The lowest BCUT2D eigenvalue weighted by Gasteiger charge is -2.06. The van der Waals surface area contributed by atoms with Crippen LogP contribution in [0.2, 0.25) is 0 Å². The Morgan fingerprint density at radius 3 is 2.79 bits per heavy atom. The minimum absolute atomic E-state index is 0.265. The molecular formula is C13H14BrN3O2. The highest BCUT2D eigenvalue weighted by atomic mass is 79.9. The van der Waals surface area contributed by atoms with E-state index in [-0.39, 0.29) is 6.61 Å². The molecule has 0 aliphatic carbocycles. The van der Waals surface area contributed by atoms with Crippen LogP contribution in [0.5, 0.6) is 0 Å². The van der Waals surface area contributed by atoms with Crippen LogP contribution in [0, 0.1) is 0 Å². The highest BCUT2D eigenvalue weighted by molar-refractivity contribution is 9.10. The van der Waals surface area contributed by atoms with Gasteiger partial charge in [0.05, 0.1) is 12.7 Å². The van der Waals surface area contributed by atoms with E-state index >= 15 is 0 Å². The first-order valence-electron chi connectivity index (χ1n) is 5.77. The second-order valence-electron chi connectivity index (χ2n) is 4.00. The molecule has 0 unspecified atom stereocenters. The normalized spacial score (nSPS) is 10.2. The Hall–Kier alpha value is -1.82. The second-order valence-corrected chi connectivity index (χ2v) is 4.75. The molecule has 1 aromatic heterocycles. The highest BCUT2D eigenvalue weighted by Crippen LogP contribution is 2.14. The number of hydrogen-bond acceptors (Lipinski definition) is 3. The van der Waals surface area contributed by atoms with Crippen LogP contribution in [0.3, 0.4) is 0 Å². The van der Waals surface area contributed by atoms with Crippen LogP contribution in [0.4, 0.5) is 4.79 Å². The quantitative estimate of drug-likeness (QED) is 0.940. The van der Waals surface area contributed by atoms with Crippen LogP contribution >= 0.6 is 15.9 Å². The summed E-state index contributed by atoms with van der Waals surface area (Å²) in [6, 6.07) is 9.55. The van der Waals surface area contributed by atoms with Gasteiger partial charge in [-0.1, -0.05) is 30.3 Å². The summed E-state index contributed by atoms with van der Waals surface area (Å²) in [5.41, 5.74) is 1.86. The average Bonchev–Trinajstić information content (AvgIpc) is 2.75.